The number of fused-ring (bicyclic) bond motifs is 1. The Hall–Kier alpha value is -1.89. The topological polar surface area (TPSA) is 64.8 Å². The third kappa shape index (κ3) is 4.18. The maximum Gasteiger partial charge on any atom is 0.227 e. The second-order valence-electron chi connectivity index (χ2n) is 7.20. The van der Waals surface area contributed by atoms with Crippen molar-refractivity contribution in [3.05, 3.63) is 63.6 Å². The van der Waals surface area contributed by atoms with Gasteiger partial charge < -0.3 is 15.2 Å². The van der Waals surface area contributed by atoms with Gasteiger partial charge in [-0.1, -0.05) is 46.3 Å². The lowest BCUT2D eigenvalue weighted by Crippen LogP contribution is -2.40. The Balaban J connectivity index is 1.57. The normalized spacial score (nSPS) is 22.7. The van der Waals surface area contributed by atoms with E-state index in [0.29, 0.717) is 13.2 Å². The SMILES string of the molecule is NC(=O)C1CCCN(Cc2cc(Br)cc3c2OC(c2ccccc2)OC3)C1. The van der Waals surface area contributed by atoms with Gasteiger partial charge in [-0.25, -0.2) is 0 Å². The fourth-order valence-electron chi connectivity index (χ4n) is 3.84. The summed E-state index contributed by atoms with van der Waals surface area (Å²) >= 11 is 3.60. The van der Waals surface area contributed by atoms with Crippen molar-refractivity contribution in [2.45, 2.75) is 32.3 Å². The third-order valence-electron chi connectivity index (χ3n) is 5.20. The number of nitrogens with zero attached hydrogens (tertiary/aromatic N) is 1. The molecule has 27 heavy (non-hydrogen) atoms. The van der Waals surface area contributed by atoms with Crippen LogP contribution in [0.3, 0.4) is 0 Å². The first kappa shape index (κ1) is 18.5. The van der Waals surface area contributed by atoms with E-state index in [2.05, 4.69) is 26.9 Å². The number of benzene rings is 2. The molecule has 0 saturated carbocycles. The molecular formula is C21H23BrN2O3. The van der Waals surface area contributed by atoms with Crippen molar-refractivity contribution < 1.29 is 14.3 Å². The third-order valence-corrected chi connectivity index (χ3v) is 5.65. The summed E-state index contributed by atoms with van der Waals surface area (Å²) in [6, 6.07) is 14.1. The van der Waals surface area contributed by atoms with Gasteiger partial charge in [0.05, 0.1) is 12.5 Å². The van der Waals surface area contributed by atoms with Crippen LogP contribution in [-0.4, -0.2) is 23.9 Å². The van der Waals surface area contributed by atoms with Crippen LogP contribution in [0.4, 0.5) is 0 Å². The number of hydrogen-bond donors (Lipinski definition) is 1. The predicted molar refractivity (Wildman–Crippen MR) is 106 cm³/mol. The number of piperidine rings is 1. The van der Waals surface area contributed by atoms with Gasteiger partial charge in [-0.15, -0.1) is 0 Å². The lowest BCUT2D eigenvalue weighted by atomic mass is 9.96. The van der Waals surface area contributed by atoms with Gasteiger partial charge in [0.1, 0.15) is 5.75 Å². The first-order chi connectivity index (χ1) is 13.1. The Morgan fingerprint density at radius 1 is 1.26 bits per heavy atom. The molecule has 2 aliphatic rings. The molecule has 2 aromatic carbocycles. The second kappa shape index (κ2) is 8.00. The number of hydrogen-bond acceptors (Lipinski definition) is 4. The van der Waals surface area contributed by atoms with E-state index in [1.165, 1.54) is 0 Å². The first-order valence-electron chi connectivity index (χ1n) is 9.26. The summed E-state index contributed by atoms with van der Waals surface area (Å²) < 4.78 is 13.2. The summed E-state index contributed by atoms with van der Waals surface area (Å²) in [7, 11) is 0. The molecule has 6 heteroatoms. The summed E-state index contributed by atoms with van der Waals surface area (Å²) in [5.74, 6) is 0.618. The molecular weight excluding hydrogens is 408 g/mol. The van der Waals surface area contributed by atoms with E-state index in [-0.39, 0.29) is 11.8 Å². The van der Waals surface area contributed by atoms with Crippen LogP contribution < -0.4 is 10.5 Å². The molecule has 2 aliphatic heterocycles. The van der Waals surface area contributed by atoms with Gasteiger partial charge in [-0.2, -0.15) is 0 Å². The zero-order valence-electron chi connectivity index (χ0n) is 15.1. The smallest absolute Gasteiger partial charge is 0.227 e. The van der Waals surface area contributed by atoms with E-state index >= 15 is 0 Å². The van der Waals surface area contributed by atoms with Gasteiger partial charge in [0.15, 0.2) is 0 Å². The fourth-order valence-corrected chi connectivity index (χ4v) is 4.39. The van der Waals surface area contributed by atoms with Crippen LogP contribution in [0.25, 0.3) is 0 Å². The Labute approximate surface area is 167 Å². The molecule has 2 atom stereocenters. The maximum atomic E-state index is 11.6. The standard InChI is InChI=1S/C21H23BrN2O3/c22-18-9-16(12-24-8-4-7-15(11-24)20(23)25)19-17(10-18)13-26-21(27-19)14-5-2-1-3-6-14/h1-3,5-6,9-10,15,21H,4,7-8,11-13H2,(H2,23,25). The summed E-state index contributed by atoms with van der Waals surface area (Å²) in [5.41, 5.74) is 8.67. The van der Waals surface area contributed by atoms with Gasteiger partial charge in [-0.3, -0.25) is 9.69 Å². The lowest BCUT2D eigenvalue weighted by molar-refractivity contribution is -0.123. The van der Waals surface area contributed by atoms with Crippen molar-refractivity contribution in [3.8, 4) is 5.75 Å². The first-order valence-corrected chi connectivity index (χ1v) is 10.1. The van der Waals surface area contributed by atoms with E-state index in [4.69, 9.17) is 15.2 Å². The number of likely N-dealkylation sites (tertiary alicyclic amines) is 1. The second-order valence-corrected chi connectivity index (χ2v) is 8.12. The van der Waals surface area contributed by atoms with Gasteiger partial charge in [0.25, 0.3) is 0 Å². The molecule has 0 aromatic heterocycles. The van der Waals surface area contributed by atoms with Gasteiger partial charge in [0.2, 0.25) is 12.2 Å². The average molecular weight is 431 g/mol. The van der Waals surface area contributed by atoms with Crippen molar-refractivity contribution in [2.24, 2.45) is 11.7 Å². The fraction of sp³-hybridized carbons (Fsp3) is 0.381. The molecule has 2 heterocycles. The molecule has 1 saturated heterocycles. The Morgan fingerprint density at radius 3 is 2.85 bits per heavy atom. The number of amides is 1. The number of halogens is 1. The van der Waals surface area contributed by atoms with Crippen LogP contribution >= 0.6 is 15.9 Å². The zero-order chi connectivity index (χ0) is 18.8. The highest BCUT2D eigenvalue weighted by Gasteiger charge is 2.28. The van der Waals surface area contributed by atoms with E-state index in [1.54, 1.807) is 0 Å². The summed E-state index contributed by atoms with van der Waals surface area (Å²) in [5, 5.41) is 0. The highest BCUT2D eigenvalue weighted by atomic mass is 79.9. The zero-order valence-corrected chi connectivity index (χ0v) is 16.7. The van der Waals surface area contributed by atoms with E-state index in [0.717, 1.165) is 52.8 Å². The number of carbonyl (C=O) groups excluding carboxylic acids is 1. The number of nitrogens with two attached hydrogens (primary N) is 1. The van der Waals surface area contributed by atoms with Crippen molar-refractivity contribution >= 4 is 21.8 Å². The molecule has 1 fully saturated rings. The van der Waals surface area contributed by atoms with E-state index in [1.807, 2.05) is 36.4 Å². The van der Waals surface area contributed by atoms with Crippen LogP contribution in [0.15, 0.2) is 46.9 Å². The minimum Gasteiger partial charge on any atom is -0.460 e. The molecule has 2 unspecified atom stereocenters. The largest absolute Gasteiger partial charge is 0.460 e. The number of primary amides is 1. The minimum absolute atomic E-state index is 0.0666. The van der Waals surface area contributed by atoms with Crippen molar-refractivity contribution in [2.75, 3.05) is 13.1 Å². The monoisotopic (exact) mass is 430 g/mol. The van der Waals surface area contributed by atoms with Crippen molar-refractivity contribution in [3.63, 3.8) is 0 Å². The molecule has 142 valence electrons. The number of carbonyl (C=O) groups is 1. The van der Waals surface area contributed by atoms with Crippen LogP contribution in [-0.2, 0) is 22.7 Å². The summed E-state index contributed by atoms with van der Waals surface area (Å²) in [6.07, 6.45) is 1.46. The van der Waals surface area contributed by atoms with Crippen LogP contribution in [0.2, 0.25) is 0 Å². The van der Waals surface area contributed by atoms with Crippen molar-refractivity contribution in [1.82, 2.24) is 4.90 Å². The molecule has 0 radical (unpaired) electrons. The molecule has 0 bridgehead atoms. The summed E-state index contributed by atoms with van der Waals surface area (Å²) in [4.78, 5) is 13.9. The quantitative estimate of drug-likeness (QED) is 0.801. The maximum absolute atomic E-state index is 11.6. The minimum atomic E-state index is -0.404. The summed E-state index contributed by atoms with van der Waals surface area (Å²) in [6.45, 7) is 2.90. The van der Waals surface area contributed by atoms with Crippen LogP contribution in [0.1, 0.15) is 35.8 Å². The van der Waals surface area contributed by atoms with Crippen LogP contribution in [0, 0.1) is 5.92 Å². The molecule has 2 N–H and O–H groups in total. The molecule has 4 rings (SSSR count). The van der Waals surface area contributed by atoms with Gasteiger partial charge in [-0.05, 0) is 31.5 Å². The van der Waals surface area contributed by atoms with E-state index < -0.39 is 6.29 Å². The highest BCUT2D eigenvalue weighted by molar-refractivity contribution is 9.10. The molecule has 0 aliphatic carbocycles. The Kier molecular flexibility index (Phi) is 5.48. The average Bonchev–Trinajstić information content (AvgIpc) is 2.68. The Morgan fingerprint density at radius 2 is 2.07 bits per heavy atom. The number of rotatable bonds is 4. The lowest BCUT2D eigenvalue weighted by Gasteiger charge is -2.33. The van der Waals surface area contributed by atoms with Gasteiger partial charge >= 0.3 is 0 Å². The molecule has 1 amide bonds. The Bertz CT molecular complexity index is 828. The van der Waals surface area contributed by atoms with E-state index in [9.17, 15) is 4.79 Å². The molecule has 0 spiro atoms. The van der Waals surface area contributed by atoms with Crippen LogP contribution in [0.5, 0.6) is 5.75 Å². The molecule has 2 aromatic rings. The molecule has 5 nitrogen and oxygen atoms in total. The van der Waals surface area contributed by atoms with Gasteiger partial charge in [0, 0.05) is 34.3 Å². The highest BCUT2D eigenvalue weighted by Crippen LogP contribution is 2.38. The number of ether oxygens (including phenoxy) is 2. The van der Waals surface area contributed by atoms with Crippen molar-refractivity contribution in [1.29, 1.82) is 0 Å². The predicted octanol–water partition coefficient (Wildman–Crippen LogP) is 3.75.